The molecule has 1 rings (SSSR count). The highest BCUT2D eigenvalue weighted by Crippen LogP contribution is 2.10. The number of carbonyl (C=O) groups is 2. The largest absolute Gasteiger partial charge is 0.481 e. The van der Waals surface area contributed by atoms with Crippen LogP contribution in [0.15, 0.2) is 30.3 Å². The molecule has 0 radical (unpaired) electrons. The summed E-state index contributed by atoms with van der Waals surface area (Å²) in [5, 5.41) is 7.42. The van der Waals surface area contributed by atoms with Gasteiger partial charge in [-0.25, -0.2) is 0 Å². The minimum atomic E-state index is -0.833. The van der Waals surface area contributed by atoms with Crippen LogP contribution in [0, 0.1) is 0 Å². The number of ether oxygens (including phenoxy) is 1. The van der Waals surface area contributed by atoms with Crippen molar-refractivity contribution in [1.82, 2.24) is 0 Å². The maximum Gasteiger partial charge on any atom is 0.323 e. The number of hydrogen-bond acceptors (Lipinski definition) is 4. The fraction of sp³-hybridized carbons (Fsp3) is 0.467. The molecule has 0 aliphatic rings. The van der Waals surface area contributed by atoms with E-state index >= 15 is 0 Å². The number of nitrogens with two attached hydrogens (primary N) is 1. The van der Waals surface area contributed by atoms with Gasteiger partial charge in [-0.2, -0.15) is 0 Å². The van der Waals surface area contributed by atoms with Crippen LogP contribution in [0.2, 0.25) is 0 Å². The second-order valence-corrected chi connectivity index (χ2v) is 5.35. The van der Waals surface area contributed by atoms with Crippen molar-refractivity contribution in [2.75, 3.05) is 0 Å². The van der Waals surface area contributed by atoms with E-state index in [4.69, 9.17) is 20.4 Å². The van der Waals surface area contributed by atoms with E-state index in [1.165, 1.54) is 0 Å². The summed E-state index contributed by atoms with van der Waals surface area (Å²) in [5.74, 6) is -1.18. The Morgan fingerprint density at radius 2 is 1.70 bits per heavy atom. The summed E-state index contributed by atoms with van der Waals surface area (Å²) < 4.78 is 5.21. The summed E-state index contributed by atoms with van der Waals surface area (Å²) in [7, 11) is 0. The molecule has 0 aromatic heterocycles. The summed E-state index contributed by atoms with van der Waals surface area (Å²) in [5.41, 5.74) is 6.34. The summed E-state index contributed by atoms with van der Waals surface area (Å²) in [6.45, 7) is 6.58. The number of rotatable bonds is 3. The second-order valence-electron chi connectivity index (χ2n) is 5.35. The van der Waals surface area contributed by atoms with E-state index in [1.54, 1.807) is 0 Å². The average molecular weight is 281 g/mol. The van der Waals surface area contributed by atoms with Crippen LogP contribution < -0.4 is 5.73 Å². The lowest BCUT2D eigenvalue weighted by Crippen LogP contribution is -2.38. The van der Waals surface area contributed by atoms with Gasteiger partial charge in [-0.05, 0) is 32.8 Å². The molecule has 20 heavy (non-hydrogen) atoms. The van der Waals surface area contributed by atoms with Crippen molar-refractivity contribution in [3.05, 3.63) is 35.9 Å². The Bertz CT molecular complexity index is 419. The first-order chi connectivity index (χ1) is 9.11. The lowest BCUT2D eigenvalue weighted by atomic mass is 10.1. The van der Waals surface area contributed by atoms with Crippen molar-refractivity contribution < 1.29 is 19.4 Å². The number of carbonyl (C=O) groups excluding carboxylic acids is 1. The molecule has 0 aliphatic heterocycles. The van der Waals surface area contributed by atoms with E-state index in [-0.39, 0.29) is 5.97 Å². The zero-order valence-corrected chi connectivity index (χ0v) is 12.4. The number of aliphatic carboxylic acids is 1. The number of hydrogen-bond donors (Lipinski definition) is 2. The summed E-state index contributed by atoms with van der Waals surface area (Å²) in [4.78, 5) is 20.6. The Morgan fingerprint density at radius 1 is 1.25 bits per heavy atom. The molecule has 0 aliphatic carbocycles. The van der Waals surface area contributed by atoms with Crippen LogP contribution in [0.25, 0.3) is 0 Å². The predicted octanol–water partition coefficient (Wildman–Crippen LogP) is 1.99. The van der Waals surface area contributed by atoms with Crippen molar-refractivity contribution in [3.63, 3.8) is 0 Å². The molecule has 0 fully saturated rings. The van der Waals surface area contributed by atoms with Gasteiger partial charge >= 0.3 is 5.97 Å². The third kappa shape index (κ3) is 10.1. The minimum absolute atomic E-state index is 0.351. The van der Waals surface area contributed by atoms with Crippen molar-refractivity contribution in [2.45, 2.75) is 45.8 Å². The zero-order valence-electron chi connectivity index (χ0n) is 12.4. The highest BCUT2D eigenvalue weighted by atomic mass is 16.6. The Kier molecular flexibility index (Phi) is 7.54. The monoisotopic (exact) mass is 281 g/mol. The maximum absolute atomic E-state index is 11.6. The minimum Gasteiger partial charge on any atom is -0.481 e. The standard InChI is InChI=1S/C13H19NO2.C2H4O2/c1-13(2,3)16-12(15)11(14)9-10-7-5-4-6-8-10;1-2(3)4/h4-8,11H,9,14H2,1-3H3;1H3,(H,3,4)/t11-;/m0./s1. The maximum atomic E-state index is 11.6. The lowest BCUT2D eigenvalue weighted by Gasteiger charge is -2.22. The van der Waals surface area contributed by atoms with Crippen LogP contribution >= 0.6 is 0 Å². The Balaban J connectivity index is 0.000000796. The van der Waals surface area contributed by atoms with E-state index in [2.05, 4.69) is 0 Å². The smallest absolute Gasteiger partial charge is 0.323 e. The third-order valence-corrected chi connectivity index (χ3v) is 2.01. The number of carboxylic acids is 1. The fourth-order valence-electron chi connectivity index (χ4n) is 1.33. The summed E-state index contributed by atoms with van der Waals surface area (Å²) in [6.07, 6.45) is 0.510. The first kappa shape index (κ1) is 18.1. The van der Waals surface area contributed by atoms with Crippen LogP contribution in [0.4, 0.5) is 0 Å². The van der Waals surface area contributed by atoms with Gasteiger partial charge in [0.15, 0.2) is 0 Å². The van der Waals surface area contributed by atoms with Gasteiger partial charge in [-0.3, -0.25) is 9.59 Å². The quantitative estimate of drug-likeness (QED) is 0.827. The van der Waals surface area contributed by atoms with Gasteiger partial charge in [-0.15, -0.1) is 0 Å². The van der Waals surface area contributed by atoms with Gasteiger partial charge < -0.3 is 15.6 Å². The predicted molar refractivity (Wildman–Crippen MR) is 77.3 cm³/mol. The third-order valence-electron chi connectivity index (χ3n) is 2.01. The average Bonchev–Trinajstić information content (AvgIpc) is 2.27. The van der Waals surface area contributed by atoms with Crippen LogP contribution in [-0.2, 0) is 20.7 Å². The molecular formula is C15H23NO4. The molecule has 0 unspecified atom stereocenters. The molecule has 112 valence electrons. The number of benzene rings is 1. The lowest BCUT2D eigenvalue weighted by molar-refractivity contribution is -0.156. The molecule has 0 saturated carbocycles. The van der Waals surface area contributed by atoms with E-state index in [0.29, 0.717) is 6.42 Å². The number of carboxylic acid groups (broad SMARTS) is 1. The topological polar surface area (TPSA) is 89.6 Å². The van der Waals surface area contributed by atoms with Gasteiger partial charge in [0.1, 0.15) is 11.6 Å². The van der Waals surface area contributed by atoms with E-state index in [9.17, 15) is 4.79 Å². The molecule has 5 nitrogen and oxygen atoms in total. The molecule has 1 aromatic carbocycles. The molecule has 1 atom stereocenters. The van der Waals surface area contributed by atoms with Gasteiger partial charge in [0.2, 0.25) is 0 Å². The molecule has 3 N–H and O–H groups in total. The molecule has 1 aromatic rings. The van der Waals surface area contributed by atoms with Crippen molar-refractivity contribution in [1.29, 1.82) is 0 Å². The van der Waals surface area contributed by atoms with Crippen LogP contribution in [-0.4, -0.2) is 28.7 Å². The van der Waals surface area contributed by atoms with Crippen molar-refractivity contribution >= 4 is 11.9 Å². The molecule has 0 saturated heterocycles. The van der Waals surface area contributed by atoms with Gasteiger partial charge in [0, 0.05) is 6.92 Å². The molecule has 0 heterocycles. The van der Waals surface area contributed by atoms with Gasteiger partial charge in [0.05, 0.1) is 0 Å². The summed E-state index contributed by atoms with van der Waals surface area (Å²) >= 11 is 0. The van der Waals surface area contributed by atoms with Crippen LogP contribution in [0.5, 0.6) is 0 Å². The first-order valence-electron chi connectivity index (χ1n) is 6.33. The molecule has 5 heteroatoms. The van der Waals surface area contributed by atoms with E-state index in [1.807, 2.05) is 51.1 Å². The fourth-order valence-corrected chi connectivity index (χ4v) is 1.33. The van der Waals surface area contributed by atoms with Gasteiger partial charge in [-0.1, -0.05) is 30.3 Å². The van der Waals surface area contributed by atoms with Crippen LogP contribution in [0.1, 0.15) is 33.3 Å². The highest BCUT2D eigenvalue weighted by molar-refractivity contribution is 5.76. The summed E-state index contributed by atoms with van der Waals surface area (Å²) in [6, 6.07) is 9.09. The normalized spacial score (nSPS) is 11.8. The van der Waals surface area contributed by atoms with Crippen molar-refractivity contribution in [2.24, 2.45) is 5.73 Å². The zero-order chi connectivity index (χ0) is 15.8. The van der Waals surface area contributed by atoms with E-state index < -0.39 is 17.6 Å². The Labute approximate surface area is 119 Å². The molecule has 0 bridgehead atoms. The SMILES string of the molecule is CC(=O)O.CC(C)(C)OC(=O)[C@@H](N)Cc1ccccc1. The molecule has 0 amide bonds. The first-order valence-corrected chi connectivity index (χ1v) is 6.33. The highest BCUT2D eigenvalue weighted by Gasteiger charge is 2.22. The molecular weight excluding hydrogens is 258 g/mol. The Hall–Kier alpha value is -1.88. The second kappa shape index (κ2) is 8.32. The van der Waals surface area contributed by atoms with Crippen LogP contribution in [0.3, 0.4) is 0 Å². The van der Waals surface area contributed by atoms with Gasteiger partial charge in [0.25, 0.3) is 5.97 Å². The number of esters is 1. The molecule has 0 spiro atoms. The van der Waals surface area contributed by atoms with Crippen molar-refractivity contribution in [3.8, 4) is 0 Å². The van der Waals surface area contributed by atoms with E-state index in [0.717, 1.165) is 12.5 Å². The Morgan fingerprint density at radius 3 is 2.10 bits per heavy atom.